The van der Waals surface area contributed by atoms with Crippen LogP contribution in [0.2, 0.25) is 0 Å². The highest BCUT2D eigenvalue weighted by Crippen LogP contribution is 2.36. The molecule has 0 bridgehead atoms. The molecule has 176 valence electrons. The molecule has 0 unspecified atom stereocenters. The van der Waals surface area contributed by atoms with Gasteiger partial charge in [-0.3, -0.25) is 0 Å². The number of hydrogen-bond donors (Lipinski definition) is 1. The molecule has 1 aromatic heterocycles. The molecular weight excluding hydrogens is 402 g/mol. The Hall–Kier alpha value is -2.15. The normalized spacial score (nSPS) is 15.6. The summed E-state index contributed by atoms with van der Waals surface area (Å²) in [5, 5.41) is 3.53. The Balaban J connectivity index is 1.47. The fourth-order valence-corrected chi connectivity index (χ4v) is 4.18. The number of pyridine rings is 1. The molecule has 6 nitrogen and oxygen atoms in total. The number of nitrogens with zero attached hydrogens (tertiary/aromatic N) is 2. The monoisotopic (exact) mass is 441 g/mol. The van der Waals surface area contributed by atoms with Crippen LogP contribution in [0.4, 0.5) is 5.82 Å². The van der Waals surface area contributed by atoms with Crippen molar-refractivity contribution in [1.82, 2.24) is 9.88 Å². The van der Waals surface area contributed by atoms with Gasteiger partial charge in [-0.1, -0.05) is 18.2 Å². The molecule has 1 aliphatic rings. The zero-order valence-corrected chi connectivity index (χ0v) is 19.7. The van der Waals surface area contributed by atoms with E-state index in [0.29, 0.717) is 0 Å². The van der Waals surface area contributed by atoms with Crippen LogP contribution in [-0.4, -0.2) is 69.6 Å². The predicted octanol–water partition coefficient (Wildman–Crippen LogP) is 4.37. The van der Waals surface area contributed by atoms with Crippen LogP contribution in [0, 0.1) is 0 Å². The van der Waals surface area contributed by atoms with Gasteiger partial charge in [0, 0.05) is 57.7 Å². The summed E-state index contributed by atoms with van der Waals surface area (Å²) in [7, 11) is 2.16. The number of benzene rings is 1. The number of ether oxygens (including phenoxy) is 3. The minimum atomic E-state index is 0.0541. The van der Waals surface area contributed by atoms with E-state index in [1.54, 1.807) is 0 Å². The van der Waals surface area contributed by atoms with Crippen LogP contribution >= 0.6 is 0 Å². The smallest absolute Gasteiger partial charge is 0.125 e. The summed E-state index contributed by atoms with van der Waals surface area (Å²) in [6, 6.07) is 14.6. The summed E-state index contributed by atoms with van der Waals surface area (Å²) in [5.41, 5.74) is 1.39. The molecule has 32 heavy (non-hydrogen) atoms. The van der Waals surface area contributed by atoms with E-state index in [4.69, 9.17) is 14.2 Å². The van der Waals surface area contributed by atoms with E-state index in [1.807, 2.05) is 31.3 Å². The van der Waals surface area contributed by atoms with Gasteiger partial charge in [0.05, 0.1) is 6.61 Å². The Bertz CT molecular complexity index is 749. The number of nitrogens with one attached hydrogen (secondary N) is 1. The molecule has 1 saturated heterocycles. The van der Waals surface area contributed by atoms with Gasteiger partial charge in [0.15, 0.2) is 0 Å². The Morgan fingerprint density at radius 1 is 1.03 bits per heavy atom. The first-order valence-corrected chi connectivity index (χ1v) is 11.9. The van der Waals surface area contributed by atoms with Gasteiger partial charge in [-0.05, 0) is 69.5 Å². The molecule has 0 atom stereocenters. The highest BCUT2D eigenvalue weighted by molar-refractivity contribution is 5.38. The minimum Gasteiger partial charge on any atom is -0.494 e. The first kappa shape index (κ1) is 24.5. The standard InChI is InChI=1S/C26H39N3O3/c1-3-30-18-6-16-29(2)17-7-19-32-24-11-9-23(10-12-24)26(13-20-31-21-14-26)22-28-25-8-4-5-15-27-25/h4-5,8-12,15H,3,6-7,13-14,16-22H2,1-2H3,(H,27,28). The van der Waals surface area contributed by atoms with Crippen molar-refractivity contribution in [3.8, 4) is 5.75 Å². The average molecular weight is 442 g/mol. The second-order valence-corrected chi connectivity index (χ2v) is 8.54. The van der Waals surface area contributed by atoms with Crippen molar-refractivity contribution in [3.05, 3.63) is 54.2 Å². The fourth-order valence-electron chi connectivity index (χ4n) is 4.18. The molecule has 1 N–H and O–H groups in total. The van der Waals surface area contributed by atoms with Crippen LogP contribution in [0.3, 0.4) is 0 Å². The molecule has 1 aliphatic heterocycles. The fraction of sp³-hybridized carbons (Fsp3) is 0.577. The third-order valence-electron chi connectivity index (χ3n) is 6.17. The summed E-state index contributed by atoms with van der Waals surface area (Å²) in [4.78, 5) is 6.75. The van der Waals surface area contributed by atoms with Gasteiger partial charge >= 0.3 is 0 Å². The van der Waals surface area contributed by atoms with E-state index in [9.17, 15) is 0 Å². The third kappa shape index (κ3) is 7.76. The van der Waals surface area contributed by atoms with E-state index in [0.717, 1.165) is 89.9 Å². The minimum absolute atomic E-state index is 0.0541. The SMILES string of the molecule is CCOCCCN(C)CCCOc1ccc(C2(CNc3ccccn3)CCOCC2)cc1. The quantitative estimate of drug-likeness (QED) is 0.440. The Kier molecular flexibility index (Phi) is 10.3. The Morgan fingerprint density at radius 3 is 2.47 bits per heavy atom. The van der Waals surface area contributed by atoms with Gasteiger partial charge in [0.2, 0.25) is 0 Å². The van der Waals surface area contributed by atoms with Crippen molar-refractivity contribution in [2.45, 2.75) is 38.0 Å². The largest absolute Gasteiger partial charge is 0.494 e. The van der Waals surface area contributed by atoms with E-state index < -0.39 is 0 Å². The molecule has 0 radical (unpaired) electrons. The molecule has 0 amide bonds. The summed E-state index contributed by atoms with van der Waals surface area (Å²) in [6.07, 6.45) is 5.92. The topological polar surface area (TPSA) is 55.9 Å². The van der Waals surface area contributed by atoms with E-state index in [2.05, 4.69) is 46.5 Å². The van der Waals surface area contributed by atoms with Crippen LogP contribution in [-0.2, 0) is 14.9 Å². The van der Waals surface area contributed by atoms with Gasteiger partial charge in [0.1, 0.15) is 11.6 Å². The molecule has 1 aromatic carbocycles. The molecule has 2 heterocycles. The average Bonchev–Trinajstić information content (AvgIpc) is 2.85. The highest BCUT2D eigenvalue weighted by atomic mass is 16.5. The number of hydrogen-bond acceptors (Lipinski definition) is 6. The molecule has 0 aliphatic carbocycles. The first-order valence-electron chi connectivity index (χ1n) is 11.9. The van der Waals surface area contributed by atoms with Crippen molar-refractivity contribution >= 4 is 5.82 Å². The zero-order valence-electron chi connectivity index (χ0n) is 19.7. The third-order valence-corrected chi connectivity index (χ3v) is 6.17. The van der Waals surface area contributed by atoms with Crippen molar-refractivity contribution in [3.63, 3.8) is 0 Å². The maximum atomic E-state index is 6.00. The van der Waals surface area contributed by atoms with Gasteiger partial charge < -0.3 is 24.4 Å². The molecular formula is C26H39N3O3. The van der Waals surface area contributed by atoms with Crippen LogP contribution < -0.4 is 10.1 Å². The van der Waals surface area contributed by atoms with Crippen molar-refractivity contribution in [1.29, 1.82) is 0 Å². The van der Waals surface area contributed by atoms with Crippen LogP contribution in [0.15, 0.2) is 48.7 Å². The summed E-state index contributed by atoms with van der Waals surface area (Å²) in [5.74, 6) is 1.86. The van der Waals surface area contributed by atoms with Crippen LogP contribution in [0.25, 0.3) is 0 Å². The molecule has 1 fully saturated rings. The number of rotatable bonds is 14. The van der Waals surface area contributed by atoms with Gasteiger partial charge in [-0.15, -0.1) is 0 Å². The lowest BCUT2D eigenvalue weighted by Crippen LogP contribution is -2.40. The molecule has 6 heteroatoms. The lowest BCUT2D eigenvalue weighted by atomic mass is 9.74. The number of aromatic nitrogens is 1. The summed E-state index contributed by atoms with van der Waals surface area (Å²) >= 11 is 0. The highest BCUT2D eigenvalue weighted by Gasteiger charge is 2.34. The van der Waals surface area contributed by atoms with Crippen LogP contribution in [0.1, 0.15) is 38.2 Å². The van der Waals surface area contributed by atoms with Crippen molar-refractivity contribution < 1.29 is 14.2 Å². The molecule has 3 rings (SSSR count). The van der Waals surface area contributed by atoms with Gasteiger partial charge in [0.25, 0.3) is 0 Å². The first-order chi connectivity index (χ1) is 15.7. The Labute approximate surface area is 193 Å². The lowest BCUT2D eigenvalue weighted by Gasteiger charge is -2.38. The second kappa shape index (κ2) is 13.4. The number of anilines is 1. The van der Waals surface area contributed by atoms with Crippen molar-refractivity contribution in [2.24, 2.45) is 0 Å². The molecule has 0 spiro atoms. The maximum Gasteiger partial charge on any atom is 0.125 e. The van der Waals surface area contributed by atoms with E-state index >= 15 is 0 Å². The maximum absolute atomic E-state index is 6.00. The second-order valence-electron chi connectivity index (χ2n) is 8.54. The van der Waals surface area contributed by atoms with Gasteiger partial charge in [-0.2, -0.15) is 0 Å². The van der Waals surface area contributed by atoms with Crippen LogP contribution in [0.5, 0.6) is 5.75 Å². The Morgan fingerprint density at radius 2 is 1.78 bits per heavy atom. The van der Waals surface area contributed by atoms with Crippen molar-refractivity contribution in [2.75, 3.05) is 65.0 Å². The van der Waals surface area contributed by atoms with E-state index in [-0.39, 0.29) is 5.41 Å². The lowest BCUT2D eigenvalue weighted by molar-refractivity contribution is 0.0543. The predicted molar refractivity (Wildman–Crippen MR) is 130 cm³/mol. The van der Waals surface area contributed by atoms with Gasteiger partial charge in [-0.25, -0.2) is 4.98 Å². The van der Waals surface area contributed by atoms with E-state index in [1.165, 1.54) is 5.56 Å². The molecule has 0 saturated carbocycles. The zero-order chi connectivity index (χ0) is 22.5. The summed E-state index contributed by atoms with van der Waals surface area (Å²) in [6.45, 7) is 8.94. The molecule has 2 aromatic rings. The summed E-state index contributed by atoms with van der Waals surface area (Å²) < 4.78 is 17.1.